The third-order valence-corrected chi connectivity index (χ3v) is 2.97. The summed E-state index contributed by atoms with van der Waals surface area (Å²) in [6, 6.07) is 4.98. The Kier molecular flexibility index (Phi) is 3.56. The number of aromatic nitrogens is 2. The zero-order valence-corrected chi connectivity index (χ0v) is 11.4. The third-order valence-electron chi connectivity index (χ3n) is 2.97. The number of benzene rings is 1. The van der Waals surface area contributed by atoms with E-state index in [0.717, 1.165) is 16.7 Å². The molecule has 0 radical (unpaired) electrons. The van der Waals surface area contributed by atoms with Gasteiger partial charge in [0.15, 0.2) is 0 Å². The van der Waals surface area contributed by atoms with Gasteiger partial charge in [-0.3, -0.25) is 4.98 Å². The molecule has 2 rings (SSSR count). The molecule has 1 aromatic carbocycles. The zero-order chi connectivity index (χ0) is 14.9. The molecule has 0 aliphatic carbocycles. The minimum atomic E-state index is -1.20. The highest BCUT2D eigenvalue weighted by Gasteiger charge is 2.13. The van der Waals surface area contributed by atoms with Crippen molar-refractivity contribution < 1.29 is 14.6 Å². The van der Waals surface area contributed by atoms with Crippen LogP contribution in [-0.2, 0) is 0 Å². The summed E-state index contributed by atoms with van der Waals surface area (Å²) in [4.78, 5) is 28.5. The molecule has 0 unspecified atom stereocenters. The molecule has 0 aliphatic rings. The van der Waals surface area contributed by atoms with Gasteiger partial charge in [0.25, 0.3) is 0 Å². The van der Waals surface area contributed by atoms with Crippen molar-refractivity contribution in [2.24, 2.45) is 0 Å². The number of nitrogens with one attached hydrogen (secondary N) is 1. The molecule has 2 aromatic rings. The molecule has 0 amide bonds. The number of aromatic carboxylic acids is 1. The van der Waals surface area contributed by atoms with Crippen LogP contribution in [0.5, 0.6) is 5.75 Å². The first kappa shape index (κ1) is 13.8. The number of nitrogens with zero attached hydrogens (tertiary/aromatic N) is 1. The van der Waals surface area contributed by atoms with E-state index < -0.39 is 11.7 Å². The predicted molar refractivity (Wildman–Crippen MR) is 73.3 cm³/mol. The number of aromatic amines is 1. The van der Waals surface area contributed by atoms with Crippen molar-refractivity contribution in [2.75, 3.05) is 7.11 Å². The number of aryl methyl sites for hydroxylation is 2. The van der Waals surface area contributed by atoms with Gasteiger partial charge in [0.1, 0.15) is 11.4 Å². The van der Waals surface area contributed by atoms with Gasteiger partial charge in [0, 0.05) is 5.56 Å². The van der Waals surface area contributed by atoms with Gasteiger partial charge in [0.2, 0.25) is 0 Å². The molecule has 0 fully saturated rings. The SMILES string of the molecule is COc1cc(C)c(-c2cc(C(=O)O)[nH]c(=O)n2)c(C)c1. The first-order valence-corrected chi connectivity index (χ1v) is 5.92. The lowest BCUT2D eigenvalue weighted by Gasteiger charge is -2.11. The van der Waals surface area contributed by atoms with E-state index in [1.54, 1.807) is 7.11 Å². The molecule has 0 aliphatic heterocycles. The van der Waals surface area contributed by atoms with Gasteiger partial charge in [-0.15, -0.1) is 0 Å². The molecule has 104 valence electrons. The Morgan fingerprint density at radius 2 is 1.85 bits per heavy atom. The van der Waals surface area contributed by atoms with E-state index in [4.69, 9.17) is 9.84 Å². The summed E-state index contributed by atoms with van der Waals surface area (Å²) < 4.78 is 5.17. The second-order valence-corrected chi connectivity index (χ2v) is 4.43. The van der Waals surface area contributed by atoms with E-state index in [1.165, 1.54) is 6.07 Å². The van der Waals surface area contributed by atoms with E-state index in [0.29, 0.717) is 11.4 Å². The fourth-order valence-corrected chi connectivity index (χ4v) is 2.15. The number of hydrogen-bond donors (Lipinski definition) is 2. The number of carboxylic acid groups (broad SMARTS) is 1. The molecule has 0 spiro atoms. The Bertz CT molecular complexity index is 711. The highest BCUT2D eigenvalue weighted by molar-refractivity contribution is 5.87. The van der Waals surface area contributed by atoms with Gasteiger partial charge in [-0.25, -0.2) is 9.59 Å². The molecular formula is C14H14N2O4. The molecule has 20 heavy (non-hydrogen) atoms. The molecule has 1 heterocycles. The number of carbonyl (C=O) groups is 1. The summed E-state index contributed by atoms with van der Waals surface area (Å²) in [7, 11) is 1.57. The summed E-state index contributed by atoms with van der Waals surface area (Å²) >= 11 is 0. The number of hydrogen-bond acceptors (Lipinski definition) is 4. The van der Waals surface area contributed by atoms with Crippen LogP contribution in [0.3, 0.4) is 0 Å². The fraction of sp³-hybridized carbons (Fsp3) is 0.214. The Labute approximate surface area is 115 Å². The van der Waals surface area contributed by atoms with Crippen molar-refractivity contribution in [1.82, 2.24) is 9.97 Å². The number of carboxylic acids is 1. The van der Waals surface area contributed by atoms with E-state index >= 15 is 0 Å². The summed E-state index contributed by atoms with van der Waals surface area (Å²) in [5.41, 5.74) is 1.92. The van der Waals surface area contributed by atoms with Gasteiger partial charge < -0.3 is 9.84 Å². The van der Waals surface area contributed by atoms with Crippen molar-refractivity contribution in [2.45, 2.75) is 13.8 Å². The molecular weight excluding hydrogens is 260 g/mol. The van der Waals surface area contributed by atoms with Crippen LogP contribution in [0.1, 0.15) is 21.6 Å². The summed E-state index contributed by atoms with van der Waals surface area (Å²) in [5.74, 6) is -0.499. The van der Waals surface area contributed by atoms with Gasteiger partial charge >= 0.3 is 11.7 Å². The monoisotopic (exact) mass is 274 g/mol. The largest absolute Gasteiger partial charge is 0.497 e. The highest BCUT2D eigenvalue weighted by Crippen LogP contribution is 2.29. The second kappa shape index (κ2) is 5.16. The maximum atomic E-state index is 11.5. The van der Waals surface area contributed by atoms with Crippen LogP contribution in [0.2, 0.25) is 0 Å². The average molecular weight is 274 g/mol. The molecule has 1 aromatic heterocycles. The molecule has 0 saturated carbocycles. The van der Waals surface area contributed by atoms with Crippen LogP contribution in [0, 0.1) is 13.8 Å². The van der Waals surface area contributed by atoms with E-state index in [2.05, 4.69) is 9.97 Å². The molecule has 0 atom stereocenters. The topological polar surface area (TPSA) is 92.3 Å². The summed E-state index contributed by atoms with van der Waals surface area (Å²) in [5, 5.41) is 8.98. The van der Waals surface area contributed by atoms with Gasteiger partial charge in [-0.1, -0.05) is 0 Å². The maximum Gasteiger partial charge on any atom is 0.352 e. The third kappa shape index (κ3) is 2.54. The molecule has 6 heteroatoms. The minimum Gasteiger partial charge on any atom is -0.497 e. The van der Waals surface area contributed by atoms with Crippen LogP contribution in [0.15, 0.2) is 23.0 Å². The van der Waals surface area contributed by atoms with Crippen molar-refractivity contribution in [3.8, 4) is 17.0 Å². The van der Waals surface area contributed by atoms with E-state index in [1.807, 2.05) is 26.0 Å². The van der Waals surface area contributed by atoms with Crippen molar-refractivity contribution in [3.05, 3.63) is 45.5 Å². The van der Waals surface area contributed by atoms with Crippen LogP contribution < -0.4 is 10.4 Å². The predicted octanol–water partition coefficient (Wildman–Crippen LogP) is 1.76. The number of rotatable bonds is 3. The van der Waals surface area contributed by atoms with Gasteiger partial charge in [0.05, 0.1) is 12.8 Å². The van der Waals surface area contributed by atoms with Crippen LogP contribution in [0.4, 0.5) is 0 Å². The first-order valence-electron chi connectivity index (χ1n) is 5.92. The smallest absolute Gasteiger partial charge is 0.352 e. The Balaban J connectivity index is 2.68. The lowest BCUT2D eigenvalue weighted by molar-refractivity contribution is 0.0690. The van der Waals surface area contributed by atoms with Gasteiger partial charge in [-0.2, -0.15) is 4.98 Å². The molecule has 6 nitrogen and oxygen atoms in total. The van der Waals surface area contributed by atoms with Crippen LogP contribution >= 0.6 is 0 Å². The maximum absolute atomic E-state index is 11.5. The molecule has 0 bridgehead atoms. The van der Waals surface area contributed by atoms with Gasteiger partial charge in [-0.05, 0) is 43.2 Å². The highest BCUT2D eigenvalue weighted by atomic mass is 16.5. The molecule has 0 saturated heterocycles. The Hall–Kier alpha value is -2.63. The number of H-pyrrole nitrogens is 1. The second-order valence-electron chi connectivity index (χ2n) is 4.43. The van der Waals surface area contributed by atoms with E-state index in [-0.39, 0.29) is 5.69 Å². The van der Waals surface area contributed by atoms with Crippen molar-refractivity contribution in [3.63, 3.8) is 0 Å². The van der Waals surface area contributed by atoms with Crippen molar-refractivity contribution >= 4 is 5.97 Å². The first-order chi connectivity index (χ1) is 9.42. The number of ether oxygens (including phenoxy) is 1. The normalized spacial score (nSPS) is 10.3. The van der Waals surface area contributed by atoms with E-state index in [9.17, 15) is 9.59 Å². The summed E-state index contributed by atoms with van der Waals surface area (Å²) in [6.07, 6.45) is 0. The average Bonchev–Trinajstić information content (AvgIpc) is 2.37. The standard InChI is InChI=1S/C14H14N2O4/c1-7-4-9(20-3)5-8(2)12(7)10-6-11(13(17)18)16-14(19)15-10/h4-6H,1-3H3,(H,17,18)(H,15,16,19). The van der Waals surface area contributed by atoms with Crippen molar-refractivity contribution in [1.29, 1.82) is 0 Å². The summed E-state index contributed by atoms with van der Waals surface area (Å²) in [6.45, 7) is 3.71. The van der Waals surface area contributed by atoms with Crippen LogP contribution in [0.25, 0.3) is 11.3 Å². The lowest BCUT2D eigenvalue weighted by Crippen LogP contribution is -2.16. The zero-order valence-electron chi connectivity index (χ0n) is 11.4. The Morgan fingerprint density at radius 3 is 2.35 bits per heavy atom. The Morgan fingerprint density at radius 1 is 1.25 bits per heavy atom. The minimum absolute atomic E-state index is 0.186. The molecule has 2 N–H and O–H groups in total. The fourth-order valence-electron chi connectivity index (χ4n) is 2.15. The quantitative estimate of drug-likeness (QED) is 0.889. The lowest BCUT2D eigenvalue weighted by atomic mass is 9.99. The number of methoxy groups -OCH3 is 1. The van der Waals surface area contributed by atoms with Crippen LogP contribution in [-0.4, -0.2) is 28.2 Å².